The first kappa shape index (κ1) is 38.4. The number of nitrogens with zero attached hydrogens (tertiary/aromatic N) is 2. The smallest absolute Gasteiger partial charge is 0.112 e. The van der Waals surface area contributed by atoms with Crippen LogP contribution in [0.2, 0.25) is 0 Å². The molecule has 6 aliphatic rings. The Bertz CT molecular complexity index is 2520. The summed E-state index contributed by atoms with van der Waals surface area (Å²) in [5, 5.41) is -2.50. The zero-order chi connectivity index (χ0) is 39.0. The van der Waals surface area contributed by atoms with E-state index in [2.05, 4.69) is 9.97 Å². The van der Waals surface area contributed by atoms with Crippen molar-refractivity contribution in [3.05, 3.63) is 167 Å². The zero-order valence-electron chi connectivity index (χ0n) is 29.1. The molecule has 9 rings (SSSR count). The SMILES string of the molecule is ClC1C=CC=CC1(Cl)c1c2nc(c(C3(Cl)C=CC=CC3Cl)c3ccc([nH]3)c(C3(Cl)C=CC=CC3Cl)c3ccc([nH]3)c(C3(Cl)C=CC=CC3Cl)c3nc1C=C3)C=C2. The lowest BCUT2D eigenvalue weighted by atomic mass is 9.88. The van der Waals surface area contributed by atoms with Crippen LogP contribution in [0.5, 0.6) is 0 Å². The van der Waals surface area contributed by atoms with Crippen LogP contribution in [0.1, 0.15) is 45.0 Å². The van der Waals surface area contributed by atoms with Gasteiger partial charge in [0.05, 0.1) is 44.3 Å². The summed E-state index contributed by atoms with van der Waals surface area (Å²) in [6.45, 7) is 0. The molecule has 5 heterocycles. The van der Waals surface area contributed by atoms with E-state index >= 15 is 0 Å². The lowest BCUT2D eigenvalue weighted by Gasteiger charge is -2.31. The minimum Gasteiger partial charge on any atom is -0.355 e. The highest BCUT2D eigenvalue weighted by atomic mass is 35.5. The molecule has 0 fully saturated rings. The van der Waals surface area contributed by atoms with Gasteiger partial charge in [0.1, 0.15) is 19.5 Å². The summed E-state index contributed by atoms with van der Waals surface area (Å²) in [5.74, 6) is 0. The fraction of sp³-hybridized carbons (Fsp3) is 0.182. The molecule has 0 saturated carbocycles. The van der Waals surface area contributed by atoms with E-state index in [0.29, 0.717) is 67.1 Å². The molecule has 4 nitrogen and oxygen atoms in total. The van der Waals surface area contributed by atoms with Gasteiger partial charge in [-0.1, -0.05) is 97.2 Å². The van der Waals surface area contributed by atoms with Crippen molar-refractivity contribution in [2.45, 2.75) is 41.0 Å². The molecule has 3 aromatic rings. The number of fused-ring (bicyclic) bond motifs is 8. The van der Waals surface area contributed by atoms with Gasteiger partial charge in [0.2, 0.25) is 0 Å². The van der Waals surface area contributed by atoms with Gasteiger partial charge in [-0.05, 0) is 48.6 Å². The average Bonchev–Trinajstić information content (AvgIpc) is 4.01. The number of aromatic amines is 2. The van der Waals surface area contributed by atoms with Gasteiger partial charge in [0, 0.05) is 44.3 Å². The number of hydrogen-bond acceptors (Lipinski definition) is 2. The molecule has 0 amide bonds. The molecule has 2 N–H and O–H groups in total. The Kier molecular flexibility index (Phi) is 9.79. The molecular weight excluding hydrogens is 868 g/mol. The molecule has 0 aromatic carbocycles. The number of halogens is 8. The fourth-order valence-electron chi connectivity index (χ4n) is 8.06. The molecule has 56 heavy (non-hydrogen) atoms. The Labute approximate surface area is 363 Å². The largest absolute Gasteiger partial charge is 0.355 e. The number of allylic oxidation sites excluding steroid dienone is 16. The van der Waals surface area contributed by atoms with Crippen LogP contribution in [0.4, 0.5) is 0 Å². The Morgan fingerprint density at radius 2 is 0.643 bits per heavy atom. The summed E-state index contributed by atoms with van der Waals surface area (Å²) in [5.41, 5.74) is 7.56. The van der Waals surface area contributed by atoms with Crippen molar-refractivity contribution in [3.63, 3.8) is 0 Å². The lowest BCUT2D eigenvalue weighted by molar-refractivity contribution is 0.754. The quantitative estimate of drug-likeness (QED) is 0.177. The first-order chi connectivity index (χ1) is 26.9. The van der Waals surface area contributed by atoms with Gasteiger partial charge >= 0.3 is 0 Å². The molecule has 0 spiro atoms. The summed E-state index contributed by atoms with van der Waals surface area (Å²) in [6.07, 6.45) is 37.6. The van der Waals surface area contributed by atoms with Crippen LogP contribution in [0, 0.1) is 0 Å². The minimum absolute atomic E-state index is 0.555. The third-order valence-electron chi connectivity index (χ3n) is 10.8. The van der Waals surface area contributed by atoms with Crippen LogP contribution < -0.4 is 0 Å². The number of rotatable bonds is 4. The zero-order valence-corrected chi connectivity index (χ0v) is 35.1. The third-order valence-corrected chi connectivity index (χ3v) is 15.4. The van der Waals surface area contributed by atoms with Crippen molar-refractivity contribution in [2.75, 3.05) is 0 Å². The molecule has 12 heteroatoms. The average molecular weight is 898 g/mol. The number of aromatic nitrogens is 4. The molecule has 282 valence electrons. The summed E-state index contributed by atoms with van der Waals surface area (Å²) in [6, 6.07) is 7.83. The standard InChI is InChI=1S/C44H30Cl8N4/c45-33-9-1-5-21-41(33,49)37-25-13-15-27(53-25)38(42(50)22-6-2-10-34(42)46)29-17-19-31(55-29)40(44(52)24-8-4-12-36(44)48)32-20-18-30(56-32)39(28-16-14-26(37)54-28)43(51)23-7-3-11-35(43)47/h1-24,33-36,53-54H. The Morgan fingerprint density at radius 1 is 0.375 bits per heavy atom. The van der Waals surface area contributed by atoms with E-state index in [4.69, 9.17) is 103 Å². The van der Waals surface area contributed by atoms with Gasteiger partial charge in [-0.3, -0.25) is 0 Å². The van der Waals surface area contributed by atoms with Gasteiger partial charge in [0.15, 0.2) is 0 Å². The summed E-state index contributed by atoms with van der Waals surface area (Å²) >= 11 is 58.7. The van der Waals surface area contributed by atoms with Crippen molar-refractivity contribution in [2.24, 2.45) is 0 Å². The normalized spacial score (nSPS) is 32.6. The van der Waals surface area contributed by atoms with E-state index in [9.17, 15) is 0 Å². The first-order valence-electron chi connectivity index (χ1n) is 17.8. The number of alkyl halides is 8. The van der Waals surface area contributed by atoms with Crippen molar-refractivity contribution in [1.29, 1.82) is 0 Å². The van der Waals surface area contributed by atoms with E-state index in [1.54, 1.807) is 0 Å². The predicted molar refractivity (Wildman–Crippen MR) is 241 cm³/mol. The highest BCUT2D eigenvalue weighted by Gasteiger charge is 2.44. The first-order valence-corrected chi connectivity index (χ1v) is 21.1. The van der Waals surface area contributed by atoms with E-state index in [1.807, 2.05) is 146 Å². The fourth-order valence-corrected chi connectivity index (χ4v) is 10.5. The number of hydrogen-bond donors (Lipinski definition) is 2. The highest BCUT2D eigenvalue weighted by molar-refractivity contribution is 6.37. The van der Waals surface area contributed by atoms with Crippen LogP contribution in [-0.4, -0.2) is 41.4 Å². The third kappa shape index (κ3) is 6.02. The molecule has 3 aromatic heterocycles. The van der Waals surface area contributed by atoms with Crippen LogP contribution in [0.3, 0.4) is 0 Å². The van der Waals surface area contributed by atoms with Gasteiger partial charge in [-0.25, -0.2) is 9.97 Å². The summed E-state index contributed by atoms with van der Waals surface area (Å²) in [7, 11) is 0. The molecule has 2 aliphatic heterocycles. The maximum Gasteiger partial charge on any atom is 0.112 e. The van der Waals surface area contributed by atoms with Crippen LogP contribution in [-0.2, 0) is 19.5 Å². The number of H-pyrrole nitrogens is 2. The van der Waals surface area contributed by atoms with Gasteiger partial charge in [-0.15, -0.1) is 92.8 Å². The molecule has 4 aliphatic carbocycles. The van der Waals surface area contributed by atoms with Crippen molar-refractivity contribution >= 4 is 139 Å². The lowest BCUT2D eigenvalue weighted by Crippen LogP contribution is -2.30. The monoisotopic (exact) mass is 894 g/mol. The Balaban J connectivity index is 1.49. The predicted octanol–water partition coefficient (Wildman–Crippen LogP) is 13.3. The molecule has 8 bridgehead atoms. The van der Waals surface area contributed by atoms with Crippen LogP contribution >= 0.6 is 92.8 Å². The van der Waals surface area contributed by atoms with Gasteiger partial charge in [0.25, 0.3) is 0 Å². The Hall–Kier alpha value is -3.16. The van der Waals surface area contributed by atoms with E-state index in [1.165, 1.54) is 0 Å². The van der Waals surface area contributed by atoms with Gasteiger partial charge in [-0.2, -0.15) is 0 Å². The molecule has 0 radical (unpaired) electrons. The maximum atomic E-state index is 7.62. The van der Waals surface area contributed by atoms with Crippen molar-refractivity contribution < 1.29 is 0 Å². The number of nitrogens with one attached hydrogen (secondary N) is 2. The molecule has 0 saturated heterocycles. The molecule has 8 unspecified atom stereocenters. The van der Waals surface area contributed by atoms with E-state index in [0.717, 1.165) is 0 Å². The van der Waals surface area contributed by atoms with Crippen molar-refractivity contribution in [1.82, 2.24) is 19.9 Å². The second kappa shape index (κ2) is 14.3. The van der Waals surface area contributed by atoms with Crippen LogP contribution in [0.15, 0.2) is 121 Å². The molecule has 8 atom stereocenters. The Morgan fingerprint density at radius 3 is 0.964 bits per heavy atom. The van der Waals surface area contributed by atoms with E-state index in [-0.39, 0.29) is 0 Å². The minimum atomic E-state index is -1.24. The van der Waals surface area contributed by atoms with Gasteiger partial charge < -0.3 is 9.97 Å². The summed E-state index contributed by atoms with van der Waals surface area (Å²) in [4.78, 5) is 13.0. The van der Waals surface area contributed by atoms with Crippen molar-refractivity contribution in [3.8, 4) is 0 Å². The molecular formula is C44H30Cl8N4. The maximum absolute atomic E-state index is 7.62. The summed E-state index contributed by atoms with van der Waals surface area (Å²) < 4.78 is 0. The topological polar surface area (TPSA) is 57.4 Å². The van der Waals surface area contributed by atoms with Crippen LogP contribution in [0.25, 0.3) is 46.4 Å². The highest BCUT2D eigenvalue weighted by Crippen LogP contribution is 2.50. The second-order valence-corrected chi connectivity index (χ2v) is 18.5. The second-order valence-electron chi connectivity index (χ2n) is 14.2. The van der Waals surface area contributed by atoms with E-state index < -0.39 is 41.0 Å².